The standard InChI is InChI=1S/C22H32N4O2/c1-22(2,3)25-20(27)13-26-15-8-9-16(26)11-14(10-15)12-19-23-17-6-5-7-18(28-4)21(17)24-19/h5-7,14-16H,8-13H2,1-4H3,(H,23,24)(H,25,27)/t14-,15+,16-. The summed E-state index contributed by atoms with van der Waals surface area (Å²) in [6.07, 6.45) is 5.67. The molecule has 6 heteroatoms. The zero-order valence-electron chi connectivity index (χ0n) is 17.4. The van der Waals surface area contributed by atoms with Gasteiger partial charge in [-0.1, -0.05) is 6.07 Å². The van der Waals surface area contributed by atoms with Crippen LogP contribution < -0.4 is 10.1 Å². The molecular weight excluding hydrogens is 352 g/mol. The lowest BCUT2D eigenvalue weighted by molar-refractivity contribution is -0.125. The van der Waals surface area contributed by atoms with E-state index in [9.17, 15) is 4.79 Å². The van der Waals surface area contributed by atoms with E-state index in [0.717, 1.165) is 41.9 Å². The van der Waals surface area contributed by atoms with Crippen molar-refractivity contribution in [1.82, 2.24) is 20.2 Å². The van der Waals surface area contributed by atoms with Gasteiger partial charge in [-0.3, -0.25) is 9.69 Å². The summed E-state index contributed by atoms with van der Waals surface area (Å²) in [5, 5.41) is 3.10. The smallest absolute Gasteiger partial charge is 0.234 e. The number of carbonyl (C=O) groups excluding carboxylic acids is 1. The van der Waals surface area contributed by atoms with E-state index in [-0.39, 0.29) is 11.4 Å². The van der Waals surface area contributed by atoms with Gasteiger partial charge in [-0.05, 0) is 64.5 Å². The van der Waals surface area contributed by atoms with E-state index >= 15 is 0 Å². The molecule has 6 nitrogen and oxygen atoms in total. The van der Waals surface area contributed by atoms with Gasteiger partial charge < -0.3 is 15.0 Å². The number of imidazole rings is 1. The van der Waals surface area contributed by atoms with Crippen molar-refractivity contribution in [2.45, 2.75) is 70.5 Å². The minimum absolute atomic E-state index is 0.146. The summed E-state index contributed by atoms with van der Waals surface area (Å²) in [5.74, 6) is 2.63. The number of benzene rings is 1. The lowest BCUT2D eigenvalue weighted by Crippen LogP contribution is -2.51. The second-order valence-corrected chi connectivity index (χ2v) is 9.44. The summed E-state index contributed by atoms with van der Waals surface area (Å²) in [6.45, 7) is 6.64. The third-order valence-corrected chi connectivity index (χ3v) is 6.05. The third-order valence-electron chi connectivity index (χ3n) is 6.05. The van der Waals surface area contributed by atoms with Crippen molar-refractivity contribution in [1.29, 1.82) is 0 Å². The van der Waals surface area contributed by atoms with Crippen LogP contribution in [-0.2, 0) is 11.2 Å². The number of fused-ring (bicyclic) bond motifs is 3. The van der Waals surface area contributed by atoms with Gasteiger partial charge in [0.05, 0.1) is 19.2 Å². The first-order valence-electron chi connectivity index (χ1n) is 10.4. The van der Waals surface area contributed by atoms with Gasteiger partial charge in [-0.2, -0.15) is 0 Å². The molecule has 1 aromatic heterocycles. The predicted octanol–water partition coefficient (Wildman–Crippen LogP) is 3.27. The molecule has 3 heterocycles. The fraction of sp³-hybridized carbons (Fsp3) is 0.636. The molecule has 28 heavy (non-hydrogen) atoms. The van der Waals surface area contributed by atoms with Crippen molar-refractivity contribution in [3.05, 3.63) is 24.0 Å². The molecule has 0 spiro atoms. The number of H-pyrrole nitrogens is 1. The first-order chi connectivity index (χ1) is 13.3. The second kappa shape index (κ2) is 7.39. The molecule has 4 rings (SSSR count). The SMILES string of the molecule is COc1cccc2[nH]c(C[C@H]3C[C@H]4CC[C@@H](C3)N4CC(=O)NC(C)(C)C)nc12. The largest absolute Gasteiger partial charge is 0.494 e. The quantitative estimate of drug-likeness (QED) is 0.830. The van der Waals surface area contributed by atoms with Crippen LogP contribution in [0.15, 0.2) is 18.2 Å². The van der Waals surface area contributed by atoms with Crippen molar-refractivity contribution in [3.63, 3.8) is 0 Å². The van der Waals surface area contributed by atoms with Crippen LogP contribution in [0.25, 0.3) is 11.0 Å². The third kappa shape index (κ3) is 4.02. The Kier molecular flexibility index (Phi) is 5.08. The molecule has 1 aromatic carbocycles. The van der Waals surface area contributed by atoms with Gasteiger partial charge in [-0.25, -0.2) is 4.98 Å². The minimum Gasteiger partial charge on any atom is -0.494 e. The number of ether oxygens (including phenoxy) is 1. The predicted molar refractivity (Wildman–Crippen MR) is 110 cm³/mol. The zero-order chi connectivity index (χ0) is 19.9. The number of amides is 1. The van der Waals surface area contributed by atoms with E-state index in [2.05, 4.69) is 21.3 Å². The molecular formula is C22H32N4O2. The molecule has 0 unspecified atom stereocenters. The van der Waals surface area contributed by atoms with E-state index in [0.29, 0.717) is 24.5 Å². The van der Waals surface area contributed by atoms with Crippen molar-refractivity contribution < 1.29 is 9.53 Å². The molecule has 2 bridgehead atoms. The number of hydrogen-bond acceptors (Lipinski definition) is 4. The number of para-hydroxylation sites is 1. The average Bonchev–Trinajstić information content (AvgIpc) is 3.10. The lowest BCUT2D eigenvalue weighted by Gasteiger charge is -2.38. The maximum Gasteiger partial charge on any atom is 0.234 e. The van der Waals surface area contributed by atoms with Crippen LogP contribution in [0.2, 0.25) is 0 Å². The highest BCUT2D eigenvalue weighted by Crippen LogP contribution is 2.39. The van der Waals surface area contributed by atoms with Crippen LogP contribution in [0.5, 0.6) is 5.75 Å². The summed E-state index contributed by atoms with van der Waals surface area (Å²) >= 11 is 0. The molecule has 1 amide bonds. The van der Waals surface area contributed by atoms with Crippen LogP contribution >= 0.6 is 0 Å². The Bertz CT molecular complexity index is 840. The van der Waals surface area contributed by atoms with Crippen LogP contribution in [0, 0.1) is 5.92 Å². The van der Waals surface area contributed by atoms with Gasteiger partial charge in [0, 0.05) is 24.0 Å². The van der Waals surface area contributed by atoms with Gasteiger partial charge in [0.2, 0.25) is 5.91 Å². The number of nitrogens with zero attached hydrogens (tertiary/aromatic N) is 2. The number of rotatable bonds is 5. The zero-order valence-corrected chi connectivity index (χ0v) is 17.4. The fourth-order valence-corrected chi connectivity index (χ4v) is 5.03. The summed E-state index contributed by atoms with van der Waals surface area (Å²) in [4.78, 5) is 23.1. The topological polar surface area (TPSA) is 70.2 Å². The number of piperidine rings is 1. The number of aromatic amines is 1. The Labute approximate surface area is 167 Å². The summed E-state index contributed by atoms with van der Waals surface area (Å²) in [7, 11) is 1.69. The molecule has 2 fully saturated rings. The summed E-state index contributed by atoms with van der Waals surface area (Å²) in [6, 6.07) is 7.04. The molecule has 0 radical (unpaired) electrons. The Morgan fingerprint density at radius 2 is 2.00 bits per heavy atom. The number of methoxy groups -OCH3 is 1. The number of carbonyl (C=O) groups is 1. The monoisotopic (exact) mass is 384 g/mol. The highest BCUT2D eigenvalue weighted by Gasteiger charge is 2.41. The molecule has 0 aliphatic carbocycles. The van der Waals surface area contributed by atoms with E-state index in [1.165, 1.54) is 12.8 Å². The van der Waals surface area contributed by atoms with Crippen molar-refractivity contribution in [2.24, 2.45) is 5.92 Å². The van der Waals surface area contributed by atoms with E-state index in [1.54, 1.807) is 7.11 Å². The molecule has 2 saturated heterocycles. The maximum absolute atomic E-state index is 12.4. The Balaban J connectivity index is 1.40. The normalized spacial score (nSPS) is 25.2. The molecule has 2 N–H and O–H groups in total. The molecule has 2 aliphatic rings. The van der Waals surface area contributed by atoms with E-state index < -0.39 is 0 Å². The van der Waals surface area contributed by atoms with Gasteiger partial charge in [0.15, 0.2) is 0 Å². The first-order valence-corrected chi connectivity index (χ1v) is 10.4. The first kappa shape index (κ1) is 19.2. The number of hydrogen-bond donors (Lipinski definition) is 2. The molecule has 2 aliphatic heterocycles. The minimum atomic E-state index is -0.170. The molecule has 0 saturated carbocycles. The van der Waals surface area contributed by atoms with E-state index in [1.807, 2.05) is 32.9 Å². The molecule has 152 valence electrons. The van der Waals surface area contributed by atoms with Gasteiger partial charge in [0.25, 0.3) is 0 Å². The number of nitrogens with one attached hydrogen (secondary N) is 2. The van der Waals surface area contributed by atoms with Crippen LogP contribution in [0.1, 0.15) is 52.3 Å². The number of aromatic nitrogens is 2. The van der Waals surface area contributed by atoms with Gasteiger partial charge >= 0.3 is 0 Å². The van der Waals surface area contributed by atoms with Crippen LogP contribution in [0.3, 0.4) is 0 Å². The fourth-order valence-electron chi connectivity index (χ4n) is 5.03. The highest BCUT2D eigenvalue weighted by atomic mass is 16.5. The molecule has 2 aromatic rings. The molecule has 3 atom stereocenters. The lowest BCUT2D eigenvalue weighted by atomic mass is 9.88. The van der Waals surface area contributed by atoms with Crippen molar-refractivity contribution in [3.8, 4) is 5.75 Å². The van der Waals surface area contributed by atoms with Gasteiger partial charge in [-0.15, -0.1) is 0 Å². The van der Waals surface area contributed by atoms with Crippen LogP contribution in [0.4, 0.5) is 0 Å². The van der Waals surface area contributed by atoms with E-state index in [4.69, 9.17) is 9.72 Å². The second-order valence-electron chi connectivity index (χ2n) is 9.44. The summed E-state index contributed by atoms with van der Waals surface area (Å²) in [5.41, 5.74) is 1.78. The Morgan fingerprint density at radius 3 is 2.64 bits per heavy atom. The van der Waals surface area contributed by atoms with Crippen molar-refractivity contribution >= 4 is 16.9 Å². The highest BCUT2D eigenvalue weighted by molar-refractivity contribution is 5.81. The van der Waals surface area contributed by atoms with Crippen LogP contribution in [-0.4, -0.2) is 52.1 Å². The Morgan fingerprint density at radius 1 is 1.29 bits per heavy atom. The average molecular weight is 385 g/mol. The Hall–Kier alpha value is -2.08. The van der Waals surface area contributed by atoms with Crippen molar-refractivity contribution in [2.75, 3.05) is 13.7 Å². The van der Waals surface area contributed by atoms with Gasteiger partial charge in [0.1, 0.15) is 17.1 Å². The maximum atomic E-state index is 12.4. The summed E-state index contributed by atoms with van der Waals surface area (Å²) < 4.78 is 5.43.